The number of rotatable bonds is 0. The number of para-hydroxylation sites is 1. The largest absolute Gasteiger partial charge is 0.297 e. The fraction of sp³-hybridized carbons (Fsp3) is 0. The van der Waals surface area contributed by atoms with Gasteiger partial charge in [-0.15, -0.1) is 0 Å². The monoisotopic (exact) mass is 205 g/mol. The van der Waals surface area contributed by atoms with Gasteiger partial charge in [0.15, 0.2) is 0 Å². The molecule has 0 bridgehead atoms. The average Bonchev–Trinajstić information content (AvgIpc) is 2.17. The van der Waals surface area contributed by atoms with Gasteiger partial charge in [0.05, 0.1) is 16.5 Å². The molecular weight excluding hydrogens is 202 g/mol. The van der Waals surface area contributed by atoms with Gasteiger partial charge in [0.25, 0.3) is 5.56 Å². The van der Waals surface area contributed by atoms with E-state index in [-0.39, 0.29) is 10.8 Å². The van der Waals surface area contributed by atoms with Gasteiger partial charge in [0, 0.05) is 0 Å². The van der Waals surface area contributed by atoms with Crippen LogP contribution >= 0.6 is 11.6 Å². The van der Waals surface area contributed by atoms with Gasteiger partial charge in [-0.25, -0.2) is 4.98 Å². The molecule has 0 spiro atoms. The molecule has 5 heteroatoms. The summed E-state index contributed by atoms with van der Waals surface area (Å²) in [4.78, 5) is 17.6. The number of nitriles is 1. The van der Waals surface area contributed by atoms with Crippen LogP contribution in [0.3, 0.4) is 0 Å². The van der Waals surface area contributed by atoms with Crippen LogP contribution in [0.25, 0.3) is 10.9 Å². The number of aromatic nitrogens is 2. The van der Waals surface area contributed by atoms with Gasteiger partial charge in [-0.05, 0) is 23.7 Å². The van der Waals surface area contributed by atoms with E-state index in [0.717, 1.165) is 0 Å². The fourth-order valence-corrected chi connectivity index (χ4v) is 1.39. The first-order valence-electron chi connectivity index (χ1n) is 3.81. The van der Waals surface area contributed by atoms with E-state index in [1.54, 1.807) is 18.2 Å². The Hall–Kier alpha value is -1.86. The zero-order chi connectivity index (χ0) is 10.1. The zero-order valence-electron chi connectivity index (χ0n) is 6.91. The Labute approximate surface area is 83.8 Å². The predicted octanol–water partition coefficient (Wildman–Crippen LogP) is 1.45. The van der Waals surface area contributed by atoms with Crippen molar-refractivity contribution in [2.45, 2.75) is 0 Å². The van der Waals surface area contributed by atoms with Crippen LogP contribution in [0, 0.1) is 11.3 Å². The van der Waals surface area contributed by atoms with E-state index in [0.29, 0.717) is 16.5 Å². The molecule has 1 N–H and O–H groups in total. The summed E-state index contributed by atoms with van der Waals surface area (Å²) in [6.07, 6.45) is 0. The molecular formula is C9H4ClN3O. The lowest BCUT2D eigenvalue weighted by atomic mass is 10.1. The minimum atomic E-state index is -0.336. The molecule has 0 radical (unpaired) electrons. The number of halogens is 1. The van der Waals surface area contributed by atoms with Gasteiger partial charge in [0.2, 0.25) is 5.28 Å². The lowest BCUT2D eigenvalue weighted by Crippen LogP contribution is -2.08. The summed E-state index contributed by atoms with van der Waals surface area (Å²) >= 11 is 5.58. The van der Waals surface area contributed by atoms with Crippen LogP contribution in [0.4, 0.5) is 0 Å². The summed E-state index contributed by atoms with van der Waals surface area (Å²) in [7, 11) is 0. The van der Waals surface area contributed by atoms with Gasteiger partial charge < -0.3 is 0 Å². The fourth-order valence-electron chi connectivity index (χ4n) is 1.22. The smallest absolute Gasteiger partial charge is 0.259 e. The number of nitrogens with one attached hydrogen (secondary N) is 1. The van der Waals surface area contributed by atoms with Gasteiger partial charge >= 0.3 is 0 Å². The Bertz CT molecular complexity index is 597. The number of nitrogens with zero attached hydrogens (tertiary/aromatic N) is 2. The van der Waals surface area contributed by atoms with E-state index in [1.807, 2.05) is 6.07 Å². The lowest BCUT2D eigenvalue weighted by Gasteiger charge is -1.97. The van der Waals surface area contributed by atoms with Crippen LogP contribution in [0.15, 0.2) is 23.0 Å². The number of hydrogen-bond donors (Lipinski definition) is 1. The molecule has 0 unspecified atom stereocenters. The minimum absolute atomic E-state index is 0.00907. The highest BCUT2D eigenvalue weighted by atomic mass is 35.5. The first-order valence-corrected chi connectivity index (χ1v) is 4.19. The van der Waals surface area contributed by atoms with Crippen molar-refractivity contribution in [3.05, 3.63) is 39.4 Å². The molecule has 1 aromatic carbocycles. The zero-order valence-corrected chi connectivity index (χ0v) is 7.67. The van der Waals surface area contributed by atoms with Crippen LogP contribution in [0.2, 0.25) is 5.28 Å². The Morgan fingerprint density at radius 1 is 1.50 bits per heavy atom. The molecule has 0 saturated carbocycles. The quantitative estimate of drug-likeness (QED) is 0.662. The van der Waals surface area contributed by atoms with Crippen molar-refractivity contribution in [2.24, 2.45) is 0 Å². The van der Waals surface area contributed by atoms with Crippen molar-refractivity contribution >= 4 is 22.5 Å². The Kier molecular flexibility index (Phi) is 1.95. The van der Waals surface area contributed by atoms with Crippen LogP contribution in [-0.2, 0) is 0 Å². The lowest BCUT2D eigenvalue weighted by molar-refractivity contribution is 1.17. The minimum Gasteiger partial charge on any atom is -0.297 e. The second-order valence-corrected chi connectivity index (χ2v) is 3.03. The van der Waals surface area contributed by atoms with Crippen LogP contribution < -0.4 is 5.56 Å². The maximum Gasteiger partial charge on any atom is 0.259 e. The molecule has 1 aromatic heterocycles. The first kappa shape index (κ1) is 8.73. The number of H-pyrrole nitrogens is 1. The van der Waals surface area contributed by atoms with Crippen molar-refractivity contribution < 1.29 is 0 Å². The summed E-state index contributed by atoms with van der Waals surface area (Å²) in [6, 6.07) is 6.77. The SMILES string of the molecule is N#Cc1cccc2c(=O)[nH]c(Cl)nc12. The van der Waals surface area contributed by atoms with E-state index in [9.17, 15) is 4.79 Å². The third kappa shape index (κ3) is 1.24. The highest BCUT2D eigenvalue weighted by molar-refractivity contribution is 6.28. The highest BCUT2D eigenvalue weighted by Gasteiger charge is 2.05. The number of fused-ring (bicyclic) bond motifs is 1. The Balaban J connectivity index is 3.03. The third-order valence-electron chi connectivity index (χ3n) is 1.83. The second kappa shape index (κ2) is 3.13. The van der Waals surface area contributed by atoms with Crippen molar-refractivity contribution in [3.8, 4) is 6.07 Å². The maximum atomic E-state index is 11.4. The molecule has 0 aliphatic heterocycles. The van der Waals surface area contributed by atoms with Crippen molar-refractivity contribution in [2.75, 3.05) is 0 Å². The molecule has 4 nitrogen and oxygen atoms in total. The summed E-state index contributed by atoms with van der Waals surface area (Å²) in [5.41, 5.74) is 0.344. The van der Waals surface area contributed by atoms with Crippen molar-refractivity contribution in [1.29, 1.82) is 5.26 Å². The molecule has 2 aromatic rings. The molecule has 0 aliphatic rings. The molecule has 0 atom stereocenters. The van der Waals surface area contributed by atoms with Gasteiger partial charge in [-0.2, -0.15) is 5.26 Å². The summed E-state index contributed by atoms with van der Waals surface area (Å²) in [5.74, 6) is 0. The van der Waals surface area contributed by atoms with E-state index >= 15 is 0 Å². The molecule has 14 heavy (non-hydrogen) atoms. The topological polar surface area (TPSA) is 69.5 Å². The van der Waals surface area contributed by atoms with Crippen LogP contribution in [0.5, 0.6) is 0 Å². The normalized spacial score (nSPS) is 10.0. The third-order valence-corrected chi connectivity index (χ3v) is 2.01. The van der Waals surface area contributed by atoms with Gasteiger partial charge in [-0.3, -0.25) is 9.78 Å². The van der Waals surface area contributed by atoms with E-state index in [4.69, 9.17) is 16.9 Å². The highest BCUT2D eigenvalue weighted by Crippen LogP contribution is 2.13. The number of benzene rings is 1. The number of aromatic amines is 1. The second-order valence-electron chi connectivity index (χ2n) is 2.67. The molecule has 0 saturated heterocycles. The number of hydrogen-bond acceptors (Lipinski definition) is 3. The average molecular weight is 206 g/mol. The van der Waals surface area contributed by atoms with E-state index < -0.39 is 0 Å². The van der Waals surface area contributed by atoms with Crippen molar-refractivity contribution in [3.63, 3.8) is 0 Å². The van der Waals surface area contributed by atoms with Gasteiger partial charge in [-0.1, -0.05) is 6.07 Å². The molecule has 2 rings (SSSR count). The molecule has 0 fully saturated rings. The predicted molar refractivity (Wildman–Crippen MR) is 52.1 cm³/mol. The molecule has 1 heterocycles. The standard InChI is InChI=1S/C9H4ClN3O/c10-9-12-7-5(4-11)2-1-3-6(7)8(14)13-9/h1-3H,(H,12,13,14). The van der Waals surface area contributed by atoms with E-state index in [1.165, 1.54) is 0 Å². The Morgan fingerprint density at radius 3 is 3.00 bits per heavy atom. The Morgan fingerprint density at radius 2 is 2.29 bits per heavy atom. The van der Waals surface area contributed by atoms with Crippen molar-refractivity contribution in [1.82, 2.24) is 9.97 Å². The maximum absolute atomic E-state index is 11.4. The summed E-state index contributed by atoms with van der Waals surface area (Å²) < 4.78 is 0. The first-order chi connectivity index (χ1) is 6.72. The van der Waals surface area contributed by atoms with Crippen LogP contribution in [0.1, 0.15) is 5.56 Å². The summed E-state index contributed by atoms with van der Waals surface area (Å²) in [5, 5.41) is 9.13. The summed E-state index contributed by atoms with van der Waals surface area (Å²) in [6.45, 7) is 0. The molecule has 0 aliphatic carbocycles. The molecule has 68 valence electrons. The van der Waals surface area contributed by atoms with E-state index in [2.05, 4.69) is 9.97 Å². The van der Waals surface area contributed by atoms with Crippen LogP contribution in [-0.4, -0.2) is 9.97 Å². The molecule has 0 amide bonds. The van der Waals surface area contributed by atoms with Gasteiger partial charge in [0.1, 0.15) is 6.07 Å².